The lowest BCUT2D eigenvalue weighted by molar-refractivity contribution is 0.112. The van der Waals surface area contributed by atoms with Gasteiger partial charge >= 0.3 is 0 Å². The van der Waals surface area contributed by atoms with Crippen molar-refractivity contribution in [3.05, 3.63) is 84.4 Å². The summed E-state index contributed by atoms with van der Waals surface area (Å²) in [6.45, 7) is 0. The van der Waals surface area contributed by atoms with Crippen LogP contribution in [0.3, 0.4) is 0 Å². The molecule has 0 amide bonds. The fraction of sp³-hybridized carbons (Fsp3) is 0. The van der Waals surface area contributed by atoms with Crippen LogP contribution < -0.4 is 0 Å². The molecule has 0 bridgehead atoms. The quantitative estimate of drug-likeness (QED) is 0.286. The number of hydrogen-bond donors (Lipinski definition) is 0. The molecule has 1 heteroatoms. The first kappa shape index (κ1) is 13.3. The third-order valence-electron chi connectivity index (χ3n) is 4.89. The molecule has 0 N–H and O–H groups in total. The highest BCUT2D eigenvalue weighted by atomic mass is 16.1. The number of carbonyl (C=O) groups is 1. The van der Waals surface area contributed by atoms with Crippen LogP contribution in [-0.2, 0) is 0 Å². The lowest BCUT2D eigenvalue weighted by atomic mass is 9.90. The maximum Gasteiger partial charge on any atom is 0.150 e. The van der Waals surface area contributed by atoms with Crippen molar-refractivity contribution in [2.24, 2.45) is 0 Å². The van der Waals surface area contributed by atoms with Crippen molar-refractivity contribution < 1.29 is 4.79 Å². The van der Waals surface area contributed by atoms with Gasteiger partial charge in [-0.15, -0.1) is 0 Å². The molecular weight excluding hydrogens is 292 g/mol. The molecule has 0 aliphatic rings. The first-order valence-corrected chi connectivity index (χ1v) is 8.07. The van der Waals surface area contributed by atoms with Crippen LogP contribution in [0.15, 0.2) is 78.9 Å². The second-order valence-electron chi connectivity index (χ2n) is 6.21. The van der Waals surface area contributed by atoms with E-state index in [0.717, 1.165) is 11.8 Å². The zero-order chi connectivity index (χ0) is 16.1. The van der Waals surface area contributed by atoms with Gasteiger partial charge in [0.1, 0.15) is 6.29 Å². The monoisotopic (exact) mass is 306 g/mol. The van der Waals surface area contributed by atoms with E-state index in [4.69, 9.17) is 0 Å². The average Bonchev–Trinajstić information content (AvgIpc) is 2.66. The Morgan fingerprint density at radius 1 is 0.583 bits per heavy atom. The van der Waals surface area contributed by atoms with E-state index in [-0.39, 0.29) is 0 Å². The van der Waals surface area contributed by atoms with Crippen LogP contribution in [-0.4, -0.2) is 6.29 Å². The van der Waals surface area contributed by atoms with Crippen molar-refractivity contribution in [2.75, 3.05) is 0 Å². The molecule has 0 aromatic heterocycles. The van der Waals surface area contributed by atoms with Gasteiger partial charge in [-0.1, -0.05) is 78.9 Å². The molecule has 112 valence electrons. The summed E-state index contributed by atoms with van der Waals surface area (Å²) >= 11 is 0. The zero-order valence-corrected chi connectivity index (χ0v) is 13.0. The number of aldehydes is 1. The van der Waals surface area contributed by atoms with Crippen molar-refractivity contribution in [1.29, 1.82) is 0 Å². The summed E-state index contributed by atoms with van der Waals surface area (Å²) < 4.78 is 0. The molecule has 0 radical (unpaired) electrons. The Balaban J connectivity index is 1.91. The van der Waals surface area contributed by atoms with Gasteiger partial charge in [-0.25, -0.2) is 0 Å². The minimum Gasteiger partial charge on any atom is -0.298 e. The van der Waals surface area contributed by atoms with E-state index in [1.54, 1.807) is 0 Å². The van der Waals surface area contributed by atoms with Crippen molar-refractivity contribution in [3.63, 3.8) is 0 Å². The van der Waals surface area contributed by atoms with E-state index in [9.17, 15) is 4.79 Å². The summed E-state index contributed by atoms with van der Waals surface area (Å²) in [4.78, 5) is 10.9. The van der Waals surface area contributed by atoms with Gasteiger partial charge in [0.25, 0.3) is 0 Å². The van der Waals surface area contributed by atoms with Gasteiger partial charge in [0, 0.05) is 5.56 Å². The number of benzene rings is 5. The van der Waals surface area contributed by atoms with Gasteiger partial charge in [-0.3, -0.25) is 4.79 Å². The van der Waals surface area contributed by atoms with Crippen molar-refractivity contribution in [3.8, 4) is 11.1 Å². The molecule has 0 saturated heterocycles. The molecular formula is C23H14O. The highest BCUT2D eigenvalue weighted by Crippen LogP contribution is 2.39. The Labute approximate surface area is 139 Å². The zero-order valence-electron chi connectivity index (χ0n) is 13.0. The molecule has 5 rings (SSSR count). The van der Waals surface area contributed by atoms with Gasteiger partial charge in [0.05, 0.1) is 0 Å². The summed E-state index contributed by atoms with van der Waals surface area (Å²) in [5.41, 5.74) is 3.05. The normalized spacial score (nSPS) is 11.5. The molecule has 0 unspecified atom stereocenters. The molecule has 5 aromatic rings. The first-order valence-electron chi connectivity index (χ1n) is 8.07. The molecule has 0 saturated carbocycles. The third-order valence-corrected chi connectivity index (χ3v) is 4.89. The first-order chi connectivity index (χ1) is 11.8. The minimum absolute atomic E-state index is 0.705. The Bertz CT molecular complexity index is 1180. The summed E-state index contributed by atoms with van der Waals surface area (Å²) in [7, 11) is 0. The SMILES string of the molecule is O=Cc1ccc(-c2ccc3ccc4cccc5ccc2c3c45)cc1. The molecule has 5 aromatic carbocycles. The van der Waals surface area contributed by atoms with Crippen LogP contribution in [0, 0.1) is 0 Å². The van der Waals surface area contributed by atoms with Crippen LogP contribution in [0.25, 0.3) is 43.4 Å². The van der Waals surface area contributed by atoms with Crippen LogP contribution in [0.1, 0.15) is 10.4 Å². The fourth-order valence-electron chi connectivity index (χ4n) is 3.73. The predicted octanol–water partition coefficient (Wildman–Crippen LogP) is 6.06. The summed E-state index contributed by atoms with van der Waals surface area (Å²) in [6, 6.07) is 27.4. The number of carbonyl (C=O) groups excluding carboxylic acids is 1. The Morgan fingerprint density at radius 3 is 1.92 bits per heavy atom. The third kappa shape index (κ3) is 1.79. The Hall–Kier alpha value is -3.19. The Morgan fingerprint density at radius 2 is 1.21 bits per heavy atom. The minimum atomic E-state index is 0.705. The highest BCUT2D eigenvalue weighted by Gasteiger charge is 2.11. The van der Waals surface area contributed by atoms with Crippen LogP contribution >= 0.6 is 0 Å². The molecule has 24 heavy (non-hydrogen) atoms. The van der Waals surface area contributed by atoms with E-state index in [0.29, 0.717) is 5.56 Å². The van der Waals surface area contributed by atoms with Crippen molar-refractivity contribution >= 4 is 38.6 Å². The molecule has 1 nitrogen and oxygen atoms in total. The van der Waals surface area contributed by atoms with Crippen molar-refractivity contribution in [1.82, 2.24) is 0 Å². The van der Waals surface area contributed by atoms with Crippen molar-refractivity contribution in [2.45, 2.75) is 0 Å². The van der Waals surface area contributed by atoms with Crippen LogP contribution in [0.2, 0.25) is 0 Å². The van der Waals surface area contributed by atoms with E-state index in [2.05, 4.69) is 54.6 Å². The largest absolute Gasteiger partial charge is 0.298 e. The predicted molar refractivity (Wildman–Crippen MR) is 101 cm³/mol. The molecule has 0 spiro atoms. The molecule has 0 heterocycles. The second-order valence-corrected chi connectivity index (χ2v) is 6.21. The van der Waals surface area contributed by atoms with Gasteiger partial charge in [0.15, 0.2) is 0 Å². The number of hydrogen-bond acceptors (Lipinski definition) is 1. The maximum absolute atomic E-state index is 10.9. The fourth-order valence-corrected chi connectivity index (χ4v) is 3.73. The Kier molecular flexibility index (Phi) is 2.71. The van der Waals surface area contributed by atoms with Crippen LogP contribution in [0.5, 0.6) is 0 Å². The van der Waals surface area contributed by atoms with E-state index < -0.39 is 0 Å². The average molecular weight is 306 g/mol. The molecule has 0 aliphatic heterocycles. The summed E-state index contributed by atoms with van der Waals surface area (Å²) in [5, 5.41) is 7.73. The highest BCUT2D eigenvalue weighted by molar-refractivity contribution is 6.25. The molecule has 0 aliphatic carbocycles. The standard InChI is InChI=1S/C23H14O/c24-14-15-4-6-16(7-5-15)20-12-10-19-9-8-17-2-1-3-18-11-13-21(20)23(19)22(17)18/h1-14H. The lowest BCUT2D eigenvalue weighted by Crippen LogP contribution is -1.87. The van der Waals surface area contributed by atoms with Crippen LogP contribution in [0.4, 0.5) is 0 Å². The van der Waals surface area contributed by atoms with Gasteiger partial charge in [0.2, 0.25) is 0 Å². The summed E-state index contributed by atoms with van der Waals surface area (Å²) in [6.07, 6.45) is 0.883. The second kappa shape index (κ2) is 4.90. The topological polar surface area (TPSA) is 17.1 Å². The van der Waals surface area contributed by atoms with E-state index in [1.165, 1.54) is 37.9 Å². The van der Waals surface area contributed by atoms with E-state index >= 15 is 0 Å². The molecule has 0 atom stereocenters. The maximum atomic E-state index is 10.9. The van der Waals surface area contributed by atoms with Gasteiger partial charge in [-0.05, 0) is 43.4 Å². The van der Waals surface area contributed by atoms with E-state index in [1.807, 2.05) is 24.3 Å². The smallest absolute Gasteiger partial charge is 0.150 e. The number of rotatable bonds is 2. The lowest BCUT2D eigenvalue weighted by Gasteiger charge is -2.14. The van der Waals surface area contributed by atoms with Gasteiger partial charge < -0.3 is 0 Å². The summed E-state index contributed by atoms with van der Waals surface area (Å²) in [5.74, 6) is 0. The van der Waals surface area contributed by atoms with Gasteiger partial charge in [-0.2, -0.15) is 0 Å². The molecule has 0 fully saturated rings.